The minimum absolute atomic E-state index is 0.0469. The number of nitrogens with one attached hydrogen (secondary N) is 1. The molecule has 0 aliphatic carbocycles. The summed E-state index contributed by atoms with van der Waals surface area (Å²) >= 11 is 0. The Kier molecular flexibility index (Phi) is 5.70. The summed E-state index contributed by atoms with van der Waals surface area (Å²) in [7, 11) is 1.60. The van der Waals surface area contributed by atoms with E-state index in [0.717, 1.165) is 5.56 Å². The number of ether oxygens (including phenoxy) is 1. The number of aromatic carboxylic acids is 1. The topological polar surface area (TPSA) is 75.6 Å². The molecule has 0 spiro atoms. The van der Waals surface area contributed by atoms with Crippen LogP contribution in [-0.4, -0.2) is 36.2 Å². The minimum Gasteiger partial charge on any atom is -0.478 e. The van der Waals surface area contributed by atoms with Gasteiger partial charge in [-0.15, -0.1) is 0 Å². The van der Waals surface area contributed by atoms with Gasteiger partial charge >= 0.3 is 5.97 Å². The summed E-state index contributed by atoms with van der Waals surface area (Å²) in [6.45, 7) is 4.25. The van der Waals surface area contributed by atoms with Crippen molar-refractivity contribution in [3.05, 3.63) is 35.4 Å². The number of aryl methyl sites for hydroxylation is 1. The number of methoxy groups -OCH3 is 1. The van der Waals surface area contributed by atoms with Crippen molar-refractivity contribution in [2.24, 2.45) is 0 Å². The molecule has 0 heterocycles. The molecule has 1 rings (SSSR count). The number of rotatable bonds is 7. The van der Waals surface area contributed by atoms with Gasteiger partial charge in [-0.25, -0.2) is 4.79 Å². The molecule has 0 aliphatic heterocycles. The molecule has 110 valence electrons. The molecule has 0 saturated heterocycles. The molecule has 20 heavy (non-hydrogen) atoms. The van der Waals surface area contributed by atoms with E-state index in [-0.39, 0.29) is 17.0 Å². The highest BCUT2D eigenvalue weighted by molar-refractivity contribution is 5.87. The molecular formula is C15H21NO4. The normalized spacial score (nSPS) is 11.2. The molecule has 5 nitrogen and oxygen atoms in total. The maximum atomic E-state index is 11.8. The van der Waals surface area contributed by atoms with Gasteiger partial charge in [0.15, 0.2) is 0 Å². The van der Waals surface area contributed by atoms with Crippen LogP contribution in [-0.2, 0) is 16.0 Å². The lowest BCUT2D eigenvalue weighted by Crippen LogP contribution is -2.46. The second kappa shape index (κ2) is 7.05. The highest BCUT2D eigenvalue weighted by Gasteiger charge is 2.19. The van der Waals surface area contributed by atoms with Crippen molar-refractivity contribution in [1.29, 1.82) is 0 Å². The summed E-state index contributed by atoms with van der Waals surface area (Å²) in [4.78, 5) is 22.5. The number of carboxylic acids is 1. The molecule has 1 amide bonds. The van der Waals surface area contributed by atoms with Gasteiger partial charge < -0.3 is 15.2 Å². The third-order valence-electron chi connectivity index (χ3n) is 2.82. The molecule has 0 aliphatic rings. The molecule has 2 N–H and O–H groups in total. The number of hydrogen-bond donors (Lipinski definition) is 2. The van der Waals surface area contributed by atoms with Crippen LogP contribution in [0.5, 0.6) is 0 Å². The summed E-state index contributed by atoms with van der Waals surface area (Å²) in [6.07, 6.45) is 0.939. The molecule has 0 fully saturated rings. The van der Waals surface area contributed by atoms with Crippen molar-refractivity contribution in [1.82, 2.24) is 5.32 Å². The molecule has 1 aromatic rings. The van der Waals surface area contributed by atoms with Gasteiger partial charge in [-0.1, -0.05) is 12.1 Å². The van der Waals surface area contributed by atoms with Crippen molar-refractivity contribution < 1.29 is 19.4 Å². The molecule has 0 bridgehead atoms. The fourth-order valence-electron chi connectivity index (χ4n) is 1.91. The summed E-state index contributed by atoms with van der Waals surface area (Å²) in [6, 6.07) is 6.56. The zero-order valence-corrected chi connectivity index (χ0v) is 12.1. The van der Waals surface area contributed by atoms with Crippen molar-refractivity contribution >= 4 is 11.9 Å². The van der Waals surface area contributed by atoms with Crippen LogP contribution in [0.1, 0.15) is 36.2 Å². The molecule has 0 unspecified atom stereocenters. The molecule has 0 aromatic heterocycles. The van der Waals surface area contributed by atoms with E-state index in [9.17, 15) is 9.59 Å². The van der Waals surface area contributed by atoms with Gasteiger partial charge in [0.25, 0.3) is 0 Å². The highest BCUT2D eigenvalue weighted by atomic mass is 16.5. The van der Waals surface area contributed by atoms with Gasteiger partial charge in [-0.3, -0.25) is 4.79 Å². The molecule has 0 atom stereocenters. The van der Waals surface area contributed by atoms with Crippen LogP contribution >= 0.6 is 0 Å². The van der Waals surface area contributed by atoms with Crippen LogP contribution in [0.2, 0.25) is 0 Å². The van der Waals surface area contributed by atoms with E-state index in [1.165, 1.54) is 0 Å². The van der Waals surface area contributed by atoms with Gasteiger partial charge in [0.05, 0.1) is 17.7 Å². The molecule has 0 saturated carbocycles. The first-order valence-electron chi connectivity index (χ1n) is 6.46. The number of amides is 1. The number of carboxylic acid groups (broad SMARTS) is 1. The van der Waals surface area contributed by atoms with Crippen molar-refractivity contribution in [3.63, 3.8) is 0 Å². The summed E-state index contributed by atoms with van der Waals surface area (Å²) in [5, 5.41) is 11.7. The second-order valence-corrected chi connectivity index (χ2v) is 5.37. The van der Waals surface area contributed by atoms with Gasteiger partial charge in [0.1, 0.15) is 0 Å². The third kappa shape index (κ3) is 5.40. The zero-order chi connectivity index (χ0) is 15.2. The van der Waals surface area contributed by atoms with E-state index in [1.54, 1.807) is 31.4 Å². The monoisotopic (exact) mass is 279 g/mol. The fraction of sp³-hybridized carbons (Fsp3) is 0.467. The van der Waals surface area contributed by atoms with Crippen molar-refractivity contribution in [2.45, 2.75) is 32.2 Å². The second-order valence-electron chi connectivity index (χ2n) is 5.37. The van der Waals surface area contributed by atoms with Crippen molar-refractivity contribution in [3.8, 4) is 0 Å². The predicted molar refractivity (Wildman–Crippen MR) is 75.8 cm³/mol. The smallest absolute Gasteiger partial charge is 0.335 e. The fourth-order valence-corrected chi connectivity index (χ4v) is 1.91. The van der Waals surface area contributed by atoms with E-state index >= 15 is 0 Å². The first kappa shape index (κ1) is 16.2. The van der Waals surface area contributed by atoms with Gasteiger partial charge in [-0.05, 0) is 38.0 Å². The van der Waals surface area contributed by atoms with E-state index in [4.69, 9.17) is 9.84 Å². The Balaban J connectivity index is 2.46. The molecule has 5 heteroatoms. The van der Waals surface area contributed by atoms with Crippen molar-refractivity contribution in [2.75, 3.05) is 13.7 Å². The first-order chi connectivity index (χ1) is 9.34. The SMILES string of the molecule is COCC(C)(C)NC(=O)CCc1ccc(C(=O)O)cc1. The Hall–Kier alpha value is -1.88. The summed E-state index contributed by atoms with van der Waals surface area (Å²) < 4.78 is 5.04. The number of benzene rings is 1. The molecule has 0 radical (unpaired) electrons. The Bertz CT molecular complexity index is 465. The quantitative estimate of drug-likeness (QED) is 0.798. The standard InChI is InChI=1S/C15H21NO4/c1-15(2,10-20-3)16-13(17)9-6-11-4-7-12(8-5-11)14(18)19/h4-5,7-8H,6,9-10H2,1-3H3,(H,16,17)(H,18,19). The summed E-state index contributed by atoms with van der Waals surface area (Å²) in [5.41, 5.74) is 0.799. The van der Waals surface area contributed by atoms with Gasteiger partial charge in [-0.2, -0.15) is 0 Å². The Labute approximate surface area is 118 Å². The first-order valence-corrected chi connectivity index (χ1v) is 6.46. The predicted octanol–water partition coefficient (Wildman–Crippen LogP) is 1.86. The third-order valence-corrected chi connectivity index (χ3v) is 2.82. The Morgan fingerprint density at radius 3 is 2.35 bits per heavy atom. The number of carbonyl (C=O) groups is 2. The highest BCUT2D eigenvalue weighted by Crippen LogP contribution is 2.08. The van der Waals surface area contributed by atoms with Gasteiger partial charge in [0.2, 0.25) is 5.91 Å². The van der Waals surface area contributed by atoms with Crippen LogP contribution in [0.4, 0.5) is 0 Å². The van der Waals surface area contributed by atoms with Crippen LogP contribution < -0.4 is 5.32 Å². The number of carbonyl (C=O) groups excluding carboxylic acids is 1. The van der Waals surface area contributed by atoms with E-state index < -0.39 is 5.97 Å². The molecule has 1 aromatic carbocycles. The zero-order valence-electron chi connectivity index (χ0n) is 12.1. The Morgan fingerprint density at radius 2 is 1.85 bits per heavy atom. The lowest BCUT2D eigenvalue weighted by Gasteiger charge is -2.25. The minimum atomic E-state index is -0.949. The van der Waals surface area contributed by atoms with Gasteiger partial charge in [0, 0.05) is 13.5 Å². The van der Waals surface area contributed by atoms with Crippen LogP contribution in [0.15, 0.2) is 24.3 Å². The maximum absolute atomic E-state index is 11.8. The maximum Gasteiger partial charge on any atom is 0.335 e. The van der Waals surface area contributed by atoms with Crippen LogP contribution in [0.25, 0.3) is 0 Å². The lowest BCUT2D eigenvalue weighted by molar-refractivity contribution is -0.123. The largest absolute Gasteiger partial charge is 0.478 e. The summed E-state index contributed by atoms with van der Waals surface area (Å²) in [5.74, 6) is -0.995. The average Bonchev–Trinajstić information content (AvgIpc) is 2.36. The lowest BCUT2D eigenvalue weighted by atomic mass is 10.0. The number of hydrogen-bond acceptors (Lipinski definition) is 3. The van der Waals surface area contributed by atoms with Crippen LogP contribution in [0.3, 0.4) is 0 Å². The average molecular weight is 279 g/mol. The van der Waals surface area contributed by atoms with E-state index in [0.29, 0.717) is 19.4 Å². The van der Waals surface area contributed by atoms with Crippen LogP contribution in [0, 0.1) is 0 Å². The van der Waals surface area contributed by atoms with E-state index in [1.807, 2.05) is 13.8 Å². The molecular weight excluding hydrogens is 258 g/mol. The van der Waals surface area contributed by atoms with E-state index in [2.05, 4.69) is 5.32 Å². The Morgan fingerprint density at radius 1 is 1.25 bits per heavy atom.